The first kappa shape index (κ1) is 11.1. The standard InChI is InChI=1S/C12H17N3O/c1-2-12(16)15-7-6-14-9-11(15)10-4-3-5-13-8-10/h3-5,8,11,14H,2,6-7,9H2,1H3. The Morgan fingerprint density at radius 1 is 1.69 bits per heavy atom. The minimum Gasteiger partial charge on any atom is -0.333 e. The quantitative estimate of drug-likeness (QED) is 0.806. The van der Waals surface area contributed by atoms with E-state index >= 15 is 0 Å². The van der Waals surface area contributed by atoms with Gasteiger partial charge in [0, 0.05) is 38.4 Å². The summed E-state index contributed by atoms with van der Waals surface area (Å²) in [6.45, 7) is 4.39. The first-order valence-electron chi connectivity index (χ1n) is 5.73. The van der Waals surface area contributed by atoms with E-state index in [9.17, 15) is 4.79 Å². The van der Waals surface area contributed by atoms with Crippen LogP contribution in [-0.4, -0.2) is 35.4 Å². The van der Waals surface area contributed by atoms with Gasteiger partial charge in [0.2, 0.25) is 5.91 Å². The van der Waals surface area contributed by atoms with Gasteiger partial charge >= 0.3 is 0 Å². The van der Waals surface area contributed by atoms with Gasteiger partial charge in [0.1, 0.15) is 0 Å². The maximum Gasteiger partial charge on any atom is 0.222 e. The maximum atomic E-state index is 11.8. The number of nitrogens with one attached hydrogen (secondary N) is 1. The highest BCUT2D eigenvalue weighted by Gasteiger charge is 2.26. The van der Waals surface area contributed by atoms with Gasteiger partial charge in [-0.15, -0.1) is 0 Å². The van der Waals surface area contributed by atoms with E-state index in [1.165, 1.54) is 0 Å². The Balaban J connectivity index is 2.20. The number of aromatic nitrogens is 1. The molecule has 1 aliphatic rings. The number of carbonyl (C=O) groups is 1. The zero-order valence-corrected chi connectivity index (χ0v) is 9.52. The summed E-state index contributed by atoms with van der Waals surface area (Å²) < 4.78 is 0. The van der Waals surface area contributed by atoms with Crippen LogP contribution < -0.4 is 5.32 Å². The summed E-state index contributed by atoms with van der Waals surface area (Å²) in [5, 5.41) is 3.32. The van der Waals surface area contributed by atoms with Crippen LogP contribution in [0.25, 0.3) is 0 Å². The number of hydrogen-bond acceptors (Lipinski definition) is 3. The van der Waals surface area contributed by atoms with Crippen molar-refractivity contribution in [3.05, 3.63) is 30.1 Å². The van der Waals surface area contributed by atoms with Crippen molar-refractivity contribution in [3.63, 3.8) is 0 Å². The van der Waals surface area contributed by atoms with Gasteiger partial charge in [-0.3, -0.25) is 9.78 Å². The Kier molecular flexibility index (Phi) is 3.51. The Bertz CT molecular complexity index is 353. The highest BCUT2D eigenvalue weighted by atomic mass is 16.2. The topological polar surface area (TPSA) is 45.2 Å². The van der Waals surface area contributed by atoms with Gasteiger partial charge in [-0.05, 0) is 11.6 Å². The summed E-state index contributed by atoms with van der Waals surface area (Å²) in [6, 6.07) is 4.08. The Labute approximate surface area is 95.7 Å². The normalized spacial score (nSPS) is 20.8. The van der Waals surface area contributed by atoms with Crippen LogP contribution in [0.15, 0.2) is 24.5 Å². The molecule has 0 bridgehead atoms. The van der Waals surface area contributed by atoms with Crippen molar-refractivity contribution in [2.45, 2.75) is 19.4 Å². The molecule has 0 radical (unpaired) electrons. The number of piperazine rings is 1. The molecule has 4 nitrogen and oxygen atoms in total. The van der Waals surface area contributed by atoms with E-state index < -0.39 is 0 Å². The Morgan fingerprint density at radius 3 is 3.25 bits per heavy atom. The fourth-order valence-electron chi connectivity index (χ4n) is 2.08. The lowest BCUT2D eigenvalue weighted by Gasteiger charge is -2.36. The van der Waals surface area contributed by atoms with Crippen LogP contribution in [0.1, 0.15) is 24.9 Å². The molecule has 1 amide bonds. The van der Waals surface area contributed by atoms with Crippen LogP contribution in [0.2, 0.25) is 0 Å². The van der Waals surface area contributed by atoms with Crippen molar-refractivity contribution in [2.24, 2.45) is 0 Å². The zero-order chi connectivity index (χ0) is 11.4. The summed E-state index contributed by atoms with van der Waals surface area (Å²) in [4.78, 5) is 17.9. The molecule has 0 spiro atoms. The molecule has 0 aliphatic carbocycles. The minimum atomic E-state index is 0.134. The Morgan fingerprint density at radius 2 is 2.56 bits per heavy atom. The number of hydrogen-bond donors (Lipinski definition) is 1. The van der Waals surface area contributed by atoms with Crippen LogP contribution >= 0.6 is 0 Å². The molecular formula is C12H17N3O. The summed E-state index contributed by atoms with van der Waals surface area (Å²) in [5.41, 5.74) is 1.11. The summed E-state index contributed by atoms with van der Waals surface area (Å²) >= 11 is 0. The lowest BCUT2D eigenvalue weighted by atomic mass is 10.1. The second kappa shape index (κ2) is 5.07. The van der Waals surface area contributed by atoms with Crippen molar-refractivity contribution in [2.75, 3.05) is 19.6 Å². The zero-order valence-electron chi connectivity index (χ0n) is 9.52. The van der Waals surface area contributed by atoms with Gasteiger partial charge < -0.3 is 10.2 Å². The van der Waals surface area contributed by atoms with Crippen LogP contribution in [0, 0.1) is 0 Å². The van der Waals surface area contributed by atoms with E-state index in [1.807, 2.05) is 30.2 Å². The molecule has 1 N–H and O–H groups in total. The lowest BCUT2D eigenvalue weighted by molar-refractivity contribution is -0.134. The third-order valence-electron chi connectivity index (χ3n) is 2.94. The predicted molar refractivity (Wildman–Crippen MR) is 61.9 cm³/mol. The second-order valence-corrected chi connectivity index (χ2v) is 3.95. The summed E-state index contributed by atoms with van der Waals surface area (Å²) in [6.07, 6.45) is 4.16. The van der Waals surface area contributed by atoms with E-state index in [-0.39, 0.29) is 11.9 Å². The number of rotatable bonds is 2. The molecule has 86 valence electrons. The average Bonchev–Trinajstić information content (AvgIpc) is 2.39. The molecule has 1 aromatic rings. The van der Waals surface area contributed by atoms with Gasteiger partial charge in [0.05, 0.1) is 6.04 Å². The average molecular weight is 219 g/mol. The molecule has 1 unspecified atom stereocenters. The van der Waals surface area contributed by atoms with E-state index in [2.05, 4.69) is 10.3 Å². The number of amides is 1. The van der Waals surface area contributed by atoms with Crippen molar-refractivity contribution >= 4 is 5.91 Å². The SMILES string of the molecule is CCC(=O)N1CCNCC1c1cccnc1. The van der Waals surface area contributed by atoms with E-state index in [0.717, 1.165) is 25.2 Å². The molecule has 4 heteroatoms. The van der Waals surface area contributed by atoms with Crippen molar-refractivity contribution < 1.29 is 4.79 Å². The number of pyridine rings is 1. The molecule has 1 saturated heterocycles. The summed E-state index contributed by atoms with van der Waals surface area (Å²) in [5.74, 6) is 0.218. The predicted octanol–water partition coefficient (Wildman–Crippen LogP) is 0.964. The van der Waals surface area contributed by atoms with Crippen molar-refractivity contribution in [3.8, 4) is 0 Å². The van der Waals surface area contributed by atoms with Crippen molar-refractivity contribution in [1.82, 2.24) is 15.2 Å². The monoisotopic (exact) mass is 219 g/mol. The summed E-state index contributed by atoms with van der Waals surface area (Å²) in [7, 11) is 0. The fourth-order valence-corrected chi connectivity index (χ4v) is 2.08. The van der Waals surface area contributed by atoms with Crippen LogP contribution in [0.4, 0.5) is 0 Å². The highest BCUT2D eigenvalue weighted by Crippen LogP contribution is 2.21. The number of nitrogens with zero attached hydrogens (tertiary/aromatic N) is 2. The van der Waals surface area contributed by atoms with Crippen LogP contribution in [0.5, 0.6) is 0 Å². The van der Waals surface area contributed by atoms with Gasteiger partial charge in [-0.25, -0.2) is 0 Å². The largest absolute Gasteiger partial charge is 0.333 e. The maximum absolute atomic E-state index is 11.8. The molecule has 2 rings (SSSR count). The van der Waals surface area contributed by atoms with Gasteiger partial charge in [-0.1, -0.05) is 13.0 Å². The van der Waals surface area contributed by atoms with E-state index in [1.54, 1.807) is 6.20 Å². The number of carbonyl (C=O) groups excluding carboxylic acids is 1. The molecular weight excluding hydrogens is 202 g/mol. The van der Waals surface area contributed by atoms with E-state index in [0.29, 0.717) is 6.42 Å². The molecule has 1 aliphatic heterocycles. The molecule has 2 heterocycles. The first-order chi connectivity index (χ1) is 7.83. The molecule has 1 aromatic heterocycles. The second-order valence-electron chi connectivity index (χ2n) is 3.95. The lowest BCUT2D eigenvalue weighted by Crippen LogP contribution is -2.48. The van der Waals surface area contributed by atoms with Crippen molar-refractivity contribution in [1.29, 1.82) is 0 Å². The van der Waals surface area contributed by atoms with Crippen LogP contribution in [-0.2, 0) is 4.79 Å². The Hall–Kier alpha value is -1.42. The third kappa shape index (κ3) is 2.22. The first-order valence-corrected chi connectivity index (χ1v) is 5.73. The molecule has 1 atom stereocenters. The smallest absolute Gasteiger partial charge is 0.222 e. The van der Waals surface area contributed by atoms with Gasteiger partial charge in [-0.2, -0.15) is 0 Å². The molecule has 16 heavy (non-hydrogen) atoms. The highest BCUT2D eigenvalue weighted by molar-refractivity contribution is 5.76. The molecule has 0 saturated carbocycles. The van der Waals surface area contributed by atoms with E-state index in [4.69, 9.17) is 0 Å². The third-order valence-corrected chi connectivity index (χ3v) is 2.94. The van der Waals surface area contributed by atoms with Gasteiger partial charge in [0.15, 0.2) is 0 Å². The minimum absolute atomic E-state index is 0.134. The fraction of sp³-hybridized carbons (Fsp3) is 0.500. The molecule has 0 aromatic carbocycles. The van der Waals surface area contributed by atoms with Crippen LogP contribution in [0.3, 0.4) is 0 Å². The van der Waals surface area contributed by atoms with Gasteiger partial charge in [0.25, 0.3) is 0 Å². The molecule has 1 fully saturated rings.